The largest absolute Gasteiger partial charge is 0.326 e. The number of rotatable bonds is 6. The number of nitrogens with one attached hydrogen (secondary N) is 2. The predicted molar refractivity (Wildman–Crippen MR) is 108 cm³/mol. The van der Waals surface area contributed by atoms with Crippen molar-refractivity contribution in [1.29, 1.82) is 0 Å². The van der Waals surface area contributed by atoms with Gasteiger partial charge < -0.3 is 10.2 Å². The molecule has 0 radical (unpaired) electrons. The van der Waals surface area contributed by atoms with Gasteiger partial charge in [-0.15, -0.1) is 0 Å². The van der Waals surface area contributed by atoms with Crippen molar-refractivity contribution in [3.8, 4) is 5.69 Å². The molecular weight excluding hydrogens is 355 g/mol. The molecular formula is C22H26FN4O+. The van der Waals surface area contributed by atoms with Gasteiger partial charge in [-0.3, -0.25) is 4.79 Å². The van der Waals surface area contributed by atoms with E-state index in [1.165, 1.54) is 6.07 Å². The Labute approximate surface area is 164 Å². The standard InChI is InChI=1S/C22H25FN4O/c1-15-10-11-21(20(23)12-15)24-22(28)14-26(4)13-19-16(2)25-27(17(19)3)18-8-6-5-7-9-18/h5-12H,13-14H2,1-4H3,(H,24,28)/p+1. The molecule has 5 nitrogen and oxygen atoms in total. The number of aryl methyl sites for hydroxylation is 2. The number of nitrogens with zero attached hydrogens (tertiary/aromatic N) is 2. The van der Waals surface area contributed by atoms with Gasteiger partial charge in [-0.1, -0.05) is 24.3 Å². The van der Waals surface area contributed by atoms with E-state index < -0.39 is 5.82 Å². The lowest BCUT2D eigenvalue weighted by atomic mass is 10.2. The SMILES string of the molecule is Cc1ccc(NC(=O)C[NH+](C)Cc2c(C)nn(-c3ccccc3)c2C)c(F)c1. The third-order valence-electron chi connectivity index (χ3n) is 4.78. The van der Waals surface area contributed by atoms with Crippen LogP contribution in [0.25, 0.3) is 5.69 Å². The van der Waals surface area contributed by atoms with Crippen LogP contribution < -0.4 is 10.2 Å². The quantitative estimate of drug-likeness (QED) is 0.690. The predicted octanol–water partition coefficient (Wildman–Crippen LogP) is 2.59. The molecule has 2 aromatic carbocycles. The van der Waals surface area contributed by atoms with E-state index in [-0.39, 0.29) is 18.1 Å². The van der Waals surface area contributed by atoms with Crippen LogP contribution in [0.4, 0.5) is 10.1 Å². The molecule has 1 unspecified atom stereocenters. The number of hydrogen-bond donors (Lipinski definition) is 2. The van der Waals surface area contributed by atoms with Gasteiger partial charge in [0.2, 0.25) is 0 Å². The number of aromatic nitrogens is 2. The minimum absolute atomic E-state index is 0.215. The first-order chi connectivity index (χ1) is 13.3. The summed E-state index contributed by atoms with van der Waals surface area (Å²) in [6, 6.07) is 14.8. The molecule has 0 aliphatic rings. The third kappa shape index (κ3) is 4.46. The number of benzene rings is 2. The fraction of sp³-hybridized carbons (Fsp3) is 0.273. The van der Waals surface area contributed by atoms with Gasteiger partial charge >= 0.3 is 0 Å². The van der Waals surface area contributed by atoms with Crippen LogP contribution in [-0.2, 0) is 11.3 Å². The molecule has 0 bridgehead atoms. The van der Waals surface area contributed by atoms with Crippen LogP contribution in [0.15, 0.2) is 48.5 Å². The summed E-state index contributed by atoms with van der Waals surface area (Å²) >= 11 is 0. The first-order valence-corrected chi connectivity index (χ1v) is 9.33. The highest BCUT2D eigenvalue weighted by Crippen LogP contribution is 2.17. The summed E-state index contributed by atoms with van der Waals surface area (Å²) < 4.78 is 15.9. The van der Waals surface area contributed by atoms with Crippen LogP contribution in [0.1, 0.15) is 22.5 Å². The molecule has 3 aromatic rings. The number of likely N-dealkylation sites (N-methyl/N-ethyl adjacent to an activating group) is 1. The molecule has 146 valence electrons. The monoisotopic (exact) mass is 381 g/mol. The molecule has 2 N–H and O–H groups in total. The summed E-state index contributed by atoms with van der Waals surface area (Å²) in [6.45, 7) is 6.73. The highest BCUT2D eigenvalue weighted by Gasteiger charge is 2.19. The Morgan fingerprint density at radius 3 is 2.54 bits per heavy atom. The van der Waals surface area contributed by atoms with Gasteiger partial charge in [-0.25, -0.2) is 9.07 Å². The molecule has 3 rings (SSSR count). The molecule has 0 spiro atoms. The minimum atomic E-state index is -0.415. The van der Waals surface area contributed by atoms with Gasteiger partial charge in [0.05, 0.1) is 35.4 Å². The molecule has 0 saturated heterocycles. The second-order valence-corrected chi connectivity index (χ2v) is 7.24. The van der Waals surface area contributed by atoms with E-state index in [0.29, 0.717) is 6.54 Å². The number of anilines is 1. The lowest BCUT2D eigenvalue weighted by Crippen LogP contribution is -3.08. The average Bonchev–Trinajstić information content (AvgIpc) is 2.93. The van der Waals surface area contributed by atoms with Crippen molar-refractivity contribution in [2.75, 3.05) is 18.9 Å². The summed E-state index contributed by atoms with van der Waals surface area (Å²) in [5.74, 6) is -0.632. The van der Waals surface area contributed by atoms with Gasteiger partial charge in [0.25, 0.3) is 5.91 Å². The lowest BCUT2D eigenvalue weighted by molar-refractivity contribution is -0.885. The molecule has 1 atom stereocenters. The first kappa shape index (κ1) is 19.8. The smallest absolute Gasteiger partial charge is 0.279 e. The Hall–Kier alpha value is -2.99. The summed E-state index contributed by atoms with van der Waals surface area (Å²) in [4.78, 5) is 13.3. The second-order valence-electron chi connectivity index (χ2n) is 7.24. The first-order valence-electron chi connectivity index (χ1n) is 9.33. The number of halogens is 1. The van der Waals surface area contributed by atoms with E-state index >= 15 is 0 Å². The van der Waals surface area contributed by atoms with E-state index in [1.54, 1.807) is 12.1 Å². The maximum absolute atomic E-state index is 13.9. The molecule has 6 heteroatoms. The Balaban J connectivity index is 1.67. The van der Waals surface area contributed by atoms with Gasteiger partial charge in [0.1, 0.15) is 12.4 Å². The fourth-order valence-electron chi connectivity index (χ4n) is 3.31. The van der Waals surface area contributed by atoms with Crippen LogP contribution in [0.5, 0.6) is 0 Å². The fourth-order valence-corrected chi connectivity index (χ4v) is 3.31. The number of hydrogen-bond acceptors (Lipinski definition) is 2. The van der Waals surface area contributed by atoms with Crippen molar-refractivity contribution in [2.24, 2.45) is 0 Å². The third-order valence-corrected chi connectivity index (χ3v) is 4.78. The number of carbonyl (C=O) groups is 1. The van der Waals surface area contributed by atoms with Crippen molar-refractivity contribution in [3.05, 3.63) is 76.9 Å². The number of amides is 1. The van der Waals surface area contributed by atoms with Crippen LogP contribution in [0, 0.1) is 26.6 Å². The van der Waals surface area contributed by atoms with Crippen molar-refractivity contribution in [3.63, 3.8) is 0 Å². The molecule has 0 aliphatic carbocycles. The Morgan fingerprint density at radius 2 is 1.86 bits per heavy atom. The summed E-state index contributed by atoms with van der Waals surface area (Å²) in [5, 5.41) is 7.31. The van der Waals surface area contributed by atoms with E-state index in [9.17, 15) is 9.18 Å². The zero-order chi connectivity index (χ0) is 20.3. The van der Waals surface area contributed by atoms with Gasteiger partial charge in [0.15, 0.2) is 6.54 Å². The molecule has 0 saturated carbocycles. The Bertz CT molecular complexity index is 982. The minimum Gasteiger partial charge on any atom is -0.326 e. The molecule has 28 heavy (non-hydrogen) atoms. The van der Waals surface area contributed by atoms with Crippen molar-refractivity contribution in [1.82, 2.24) is 9.78 Å². The molecule has 1 aromatic heterocycles. The number of quaternary nitrogens is 1. The van der Waals surface area contributed by atoms with Gasteiger partial charge in [0, 0.05) is 0 Å². The van der Waals surface area contributed by atoms with Crippen molar-refractivity contribution in [2.45, 2.75) is 27.3 Å². The maximum atomic E-state index is 13.9. The van der Waals surface area contributed by atoms with Crippen molar-refractivity contribution < 1.29 is 14.1 Å². The zero-order valence-corrected chi connectivity index (χ0v) is 16.7. The second kappa shape index (κ2) is 8.35. The van der Waals surface area contributed by atoms with E-state index in [1.807, 2.05) is 62.8 Å². The van der Waals surface area contributed by atoms with E-state index in [0.717, 1.165) is 33.1 Å². The number of carbonyl (C=O) groups excluding carboxylic acids is 1. The molecule has 1 amide bonds. The molecule has 0 fully saturated rings. The van der Waals surface area contributed by atoms with Crippen LogP contribution >= 0.6 is 0 Å². The van der Waals surface area contributed by atoms with Gasteiger partial charge in [-0.2, -0.15) is 5.10 Å². The lowest BCUT2D eigenvalue weighted by Gasteiger charge is -2.15. The maximum Gasteiger partial charge on any atom is 0.279 e. The Kier molecular flexibility index (Phi) is 5.90. The van der Waals surface area contributed by atoms with Crippen LogP contribution in [0.3, 0.4) is 0 Å². The van der Waals surface area contributed by atoms with E-state index in [4.69, 9.17) is 0 Å². The van der Waals surface area contributed by atoms with Crippen molar-refractivity contribution >= 4 is 11.6 Å². The Morgan fingerprint density at radius 1 is 1.14 bits per heavy atom. The van der Waals surface area contributed by atoms with Crippen LogP contribution in [-0.4, -0.2) is 29.3 Å². The molecule has 1 heterocycles. The highest BCUT2D eigenvalue weighted by atomic mass is 19.1. The topological polar surface area (TPSA) is 51.4 Å². The van der Waals surface area contributed by atoms with E-state index in [2.05, 4.69) is 10.4 Å². The van der Waals surface area contributed by atoms with Crippen LogP contribution in [0.2, 0.25) is 0 Å². The van der Waals surface area contributed by atoms with Gasteiger partial charge in [-0.05, 0) is 50.6 Å². The number of para-hydroxylation sites is 1. The summed E-state index contributed by atoms with van der Waals surface area (Å²) in [7, 11) is 1.95. The highest BCUT2D eigenvalue weighted by molar-refractivity contribution is 5.91. The summed E-state index contributed by atoms with van der Waals surface area (Å²) in [5.41, 5.74) is 5.18. The summed E-state index contributed by atoms with van der Waals surface area (Å²) in [6.07, 6.45) is 0. The normalized spacial score (nSPS) is 12.0. The zero-order valence-electron chi connectivity index (χ0n) is 16.7. The molecule has 0 aliphatic heterocycles. The average molecular weight is 381 g/mol.